The summed E-state index contributed by atoms with van der Waals surface area (Å²) in [5.74, 6) is 0.147. The van der Waals surface area contributed by atoms with Crippen LogP contribution in [0.4, 0.5) is 5.82 Å². The Kier molecular flexibility index (Phi) is 5.54. The summed E-state index contributed by atoms with van der Waals surface area (Å²) in [6.07, 6.45) is 1.54. The molecule has 2 amide bonds. The fourth-order valence-electron chi connectivity index (χ4n) is 1.96. The van der Waals surface area contributed by atoms with Crippen LogP contribution >= 0.6 is 11.6 Å². The molecule has 120 valence electrons. The lowest BCUT2D eigenvalue weighted by Gasteiger charge is -2.20. The number of aryl methyl sites for hydroxylation is 1. The van der Waals surface area contributed by atoms with E-state index in [2.05, 4.69) is 17.1 Å². The van der Waals surface area contributed by atoms with Crippen molar-refractivity contribution in [3.63, 3.8) is 0 Å². The second kappa shape index (κ2) is 7.60. The van der Waals surface area contributed by atoms with Crippen LogP contribution in [0.15, 0.2) is 47.5 Å². The van der Waals surface area contributed by atoms with Crippen molar-refractivity contribution in [3.8, 4) is 0 Å². The standard InChI is InChI=1S/C16H16ClN3O3/c1-3-8-20(16(22)12-6-4-5-7-13(12)17)10-15(21)18-14-9-11(2)23-19-14/h3-7,9H,1,8,10H2,2H3,(H,18,19,21). The van der Waals surface area contributed by atoms with Crippen molar-refractivity contribution in [1.29, 1.82) is 0 Å². The van der Waals surface area contributed by atoms with Crippen LogP contribution in [0.3, 0.4) is 0 Å². The quantitative estimate of drug-likeness (QED) is 0.825. The number of hydrogen-bond donors (Lipinski definition) is 1. The van der Waals surface area contributed by atoms with Crippen molar-refractivity contribution >= 4 is 29.2 Å². The zero-order valence-electron chi connectivity index (χ0n) is 12.6. The van der Waals surface area contributed by atoms with E-state index < -0.39 is 0 Å². The molecule has 1 heterocycles. The molecule has 0 radical (unpaired) electrons. The van der Waals surface area contributed by atoms with Crippen molar-refractivity contribution < 1.29 is 14.1 Å². The first-order chi connectivity index (χ1) is 11.0. The van der Waals surface area contributed by atoms with Gasteiger partial charge in [-0.1, -0.05) is 35.0 Å². The molecule has 0 unspecified atom stereocenters. The molecule has 1 N–H and O–H groups in total. The predicted molar refractivity (Wildman–Crippen MR) is 87.4 cm³/mol. The number of rotatable bonds is 6. The van der Waals surface area contributed by atoms with Gasteiger partial charge in [-0.2, -0.15) is 0 Å². The average Bonchev–Trinajstić information content (AvgIpc) is 2.91. The maximum absolute atomic E-state index is 12.5. The Morgan fingerprint density at radius 2 is 2.17 bits per heavy atom. The Morgan fingerprint density at radius 1 is 1.43 bits per heavy atom. The Hall–Kier alpha value is -2.60. The predicted octanol–water partition coefficient (Wildman–Crippen LogP) is 2.90. The summed E-state index contributed by atoms with van der Waals surface area (Å²) in [6, 6.07) is 8.27. The van der Waals surface area contributed by atoms with Gasteiger partial charge in [0.15, 0.2) is 5.82 Å². The van der Waals surface area contributed by atoms with Gasteiger partial charge >= 0.3 is 0 Å². The van der Waals surface area contributed by atoms with Gasteiger partial charge in [0.1, 0.15) is 12.3 Å². The molecule has 0 saturated heterocycles. The van der Waals surface area contributed by atoms with Gasteiger partial charge in [0, 0.05) is 12.6 Å². The van der Waals surface area contributed by atoms with E-state index in [0.717, 1.165) is 0 Å². The topological polar surface area (TPSA) is 75.4 Å². The number of nitrogens with zero attached hydrogens (tertiary/aromatic N) is 2. The Labute approximate surface area is 138 Å². The van der Waals surface area contributed by atoms with E-state index in [1.807, 2.05) is 0 Å². The Bertz CT molecular complexity index is 727. The van der Waals surface area contributed by atoms with E-state index >= 15 is 0 Å². The normalized spacial score (nSPS) is 10.2. The van der Waals surface area contributed by atoms with Gasteiger partial charge in [0.2, 0.25) is 5.91 Å². The fourth-order valence-corrected chi connectivity index (χ4v) is 2.18. The molecular formula is C16H16ClN3O3. The smallest absolute Gasteiger partial charge is 0.256 e. The number of carbonyl (C=O) groups is 2. The van der Waals surface area contributed by atoms with Gasteiger partial charge in [-0.05, 0) is 19.1 Å². The lowest BCUT2D eigenvalue weighted by molar-refractivity contribution is -0.116. The van der Waals surface area contributed by atoms with Crippen LogP contribution in [0.2, 0.25) is 5.02 Å². The van der Waals surface area contributed by atoms with Gasteiger partial charge < -0.3 is 14.7 Å². The summed E-state index contributed by atoms with van der Waals surface area (Å²) >= 11 is 6.04. The van der Waals surface area contributed by atoms with Crippen molar-refractivity contribution in [3.05, 3.63) is 59.3 Å². The highest BCUT2D eigenvalue weighted by Gasteiger charge is 2.20. The van der Waals surface area contributed by atoms with Gasteiger partial charge in [0.25, 0.3) is 5.91 Å². The molecule has 0 aliphatic heterocycles. The summed E-state index contributed by atoms with van der Waals surface area (Å²) in [6.45, 7) is 5.39. The third-order valence-corrected chi connectivity index (χ3v) is 3.30. The number of hydrogen-bond acceptors (Lipinski definition) is 4. The number of nitrogens with one attached hydrogen (secondary N) is 1. The van der Waals surface area contributed by atoms with E-state index in [-0.39, 0.29) is 24.9 Å². The largest absolute Gasteiger partial charge is 0.360 e. The first-order valence-corrected chi connectivity index (χ1v) is 7.27. The number of halogens is 1. The van der Waals surface area contributed by atoms with Crippen LogP contribution in [0.25, 0.3) is 0 Å². The summed E-state index contributed by atoms with van der Waals surface area (Å²) in [5.41, 5.74) is 0.334. The monoisotopic (exact) mass is 333 g/mol. The molecule has 6 nitrogen and oxygen atoms in total. The zero-order valence-corrected chi connectivity index (χ0v) is 13.3. The molecule has 0 saturated carbocycles. The second-order valence-corrected chi connectivity index (χ2v) is 5.23. The number of carbonyl (C=O) groups excluding carboxylic acids is 2. The molecule has 0 aliphatic rings. The molecule has 2 aromatic rings. The van der Waals surface area contributed by atoms with Gasteiger partial charge in [0.05, 0.1) is 10.6 Å². The SMILES string of the molecule is C=CCN(CC(=O)Nc1cc(C)on1)C(=O)c1ccccc1Cl. The fraction of sp³-hybridized carbons (Fsp3) is 0.188. The highest BCUT2D eigenvalue weighted by atomic mass is 35.5. The molecule has 0 aliphatic carbocycles. The van der Waals surface area contributed by atoms with Crippen LogP contribution in [-0.2, 0) is 4.79 Å². The molecule has 0 spiro atoms. The van der Waals surface area contributed by atoms with Crippen LogP contribution in [0, 0.1) is 6.92 Å². The number of aromatic nitrogens is 1. The van der Waals surface area contributed by atoms with Gasteiger partial charge in [-0.25, -0.2) is 0 Å². The lowest BCUT2D eigenvalue weighted by atomic mass is 10.2. The number of amides is 2. The van der Waals surface area contributed by atoms with E-state index in [9.17, 15) is 9.59 Å². The van der Waals surface area contributed by atoms with E-state index in [1.54, 1.807) is 43.3 Å². The maximum Gasteiger partial charge on any atom is 0.256 e. The second-order valence-electron chi connectivity index (χ2n) is 4.83. The third-order valence-electron chi connectivity index (χ3n) is 2.97. The van der Waals surface area contributed by atoms with Crippen LogP contribution in [0.5, 0.6) is 0 Å². The number of benzene rings is 1. The highest BCUT2D eigenvalue weighted by molar-refractivity contribution is 6.33. The molecule has 2 rings (SSSR count). The minimum Gasteiger partial charge on any atom is -0.360 e. The van der Waals surface area contributed by atoms with E-state index in [1.165, 1.54) is 4.90 Å². The minimum absolute atomic E-state index is 0.151. The summed E-state index contributed by atoms with van der Waals surface area (Å²) in [7, 11) is 0. The number of anilines is 1. The summed E-state index contributed by atoms with van der Waals surface area (Å²) in [4.78, 5) is 25.9. The van der Waals surface area contributed by atoms with Crippen LogP contribution in [0.1, 0.15) is 16.1 Å². The van der Waals surface area contributed by atoms with E-state index in [0.29, 0.717) is 22.2 Å². The van der Waals surface area contributed by atoms with Crippen LogP contribution in [-0.4, -0.2) is 35.0 Å². The molecule has 0 atom stereocenters. The lowest BCUT2D eigenvalue weighted by Crippen LogP contribution is -2.38. The van der Waals surface area contributed by atoms with E-state index in [4.69, 9.17) is 16.1 Å². The molecule has 23 heavy (non-hydrogen) atoms. The van der Waals surface area contributed by atoms with Crippen molar-refractivity contribution in [2.75, 3.05) is 18.4 Å². The maximum atomic E-state index is 12.5. The summed E-state index contributed by atoms with van der Waals surface area (Å²) in [5, 5.41) is 6.57. The molecule has 0 fully saturated rings. The zero-order chi connectivity index (χ0) is 16.8. The minimum atomic E-state index is -0.388. The molecular weight excluding hydrogens is 318 g/mol. The molecule has 1 aromatic heterocycles. The third kappa shape index (κ3) is 4.43. The van der Waals surface area contributed by atoms with Crippen LogP contribution < -0.4 is 5.32 Å². The molecule has 1 aromatic carbocycles. The first-order valence-electron chi connectivity index (χ1n) is 6.89. The van der Waals surface area contributed by atoms with Crippen molar-refractivity contribution in [2.45, 2.75) is 6.92 Å². The van der Waals surface area contributed by atoms with Gasteiger partial charge in [-0.3, -0.25) is 9.59 Å². The Morgan fingerprint density at radius 3 is 2.78 bits per heavy atom. The molecule has 7 heteroatoms. The average molecular weight is 334 g/mol. The van der Waals surface area contributed by atoms with Crippen molar-refractivity contribution in [1.82, 2.24) is 10.1 Å². The highest BCUT2D eigenvalue weighted by Crippen LogP contribution is 2.17. The van der Waals surface area contributed by atoms with Gasteiger partial charge in [-0.15, -0.1) is 6.58 Å². The summed E-state index contributed by atoms with van der Waals surface area (Å²) < 4.78 is 4.87. The van der Waals surface area contributed by atoms with Crippen molar-refractivity contribution in [2.24, 2.45) is 0 Å². The molecule has 0 bridgehead atoms. The Balaban J connectivity index is 2.08. The first kappa shape index (κ1) is 16.8.